The van der Waals surface area contributed by atoms with E-state index in [9.17, 15) is 9.18 Å². The van der Waals surface area contributed by atoms with Gasteiger partial charge in [-0.1, -0.05) is 19.1 Å². The summed E-state index contributed by atoms with van der Waals surface area (Å²) in [6, 6.07) is 6.59. The maximum atomic E-state index is 13.1. The average Bonchev–Trinajstić information content (AvgIpc) is 3.15. The molecule has 1 amide bonds. The molecule has 1 saturated heterocycles. The molecule has 0 unspecified atom stereocenters. The van der Waals surface area contributed by atoms with Crippen molar-refractivity contribution < 1.29 is 9.18 Å². The van der Waals surface area contributed by atoms with Crippen molar-refractivity contribution >= 4 is 5.91 Å². The summed E-state index contributed by atoms with van der Waals surface area (Å²) in [6.07, 6.45) is 2.40. The molecule has 1 aliphatic heterocycles. The summed E-state index contributed by atoms with van der Waals surface area (Å²) < 4.78 is 13.1. The van der Waals surface area contributed by atoms with Gasteiger partial charge in [-0.2, -0.15) is 5.10 Å². The van der Waals surface area contributed by atoms with Crippen LogP contribution >= 0.6 is 0 Å². The highest BCUT2D eigenvalue weighted by atomic mass is 19.1. The molecule has 128 valence electrons. The van der Waals surface area contributed by atoms with Gasteiger partial charge in [0.15, 0.2) is 0 Å². The third-order valence-corrected chi connectivity index (χ3v) is 4.99. The predicted octanol–water partition coefficient (Wildman–Crippen LogP) is 4.02. The van der Waals surface area contributed by atoms with E-state index in [2.05, 4.69) is 17.1 Å². The minimum absolute atomic E-state index is 0.0665. The Hall–Kier alpha value is -2.17. The Kier molecular flexibility index (Phi) is 4.69. The quantitative estimate of drug-likeness (QED) is 0.921. The molecule has 1 fully saturated rings. The van der Waals surface area contributed by atoms with Crippen molar-refractivity contribution in [2.45, 2.75) is 52.0 Å². The summed E-state index contributed by atoms with van der Waals surface area (Å²) >= 11 is 0. The van der Waals surface area contributed by atoms with E-state index in [4.69, 9.17) is 0 Å². The zero-order valence-electron chi connectivity index (χ0n) is 14.5. The fourth-order valence-corrected chi connectivity index (χ4v) is 3.86. The zero-order valence-corrected chi connectivity index (χ0v) is 14.5. The number of carbonyl (C=O) groups is 1. The fourth-order valence-electron chi connectivity index (χ4n) is 3.86. The van der Waals surface area contributed by atoms with Gasteiger partial charge in [-0.25, -0.2) is 4.39 Å². The van der Waals surface area contributed by atoms with Crippen LogP contribution in [-0.4, -0.2) is 27.5 Å². The van der Waals surface area contributed by atoms with Crippen LogP contribution in [0.15, 0.2) is 24.3 Å². The summed E-state index contributed by atoms with van der Waals surface area (Å²) in [6.45, 7) is 6.81. The first-order valence-corrected chi connectivity index (χ1v) is 8.53. The highest BCUT2D eigenvalue weighted by Gasteiger charge is 2.31. The summed E-state index contributed by atoms with van der Waals surface area (Å²) in [5, 5.41) is 7.22. The number of rotatable bonds is 4. The molecular weight excluding hydrogens is 305 g/mol. The minimum Gasteiger partial charge on any atom is -0.336 e. The van der Waals surface area contributed by atoms with Crippen LogP contribution in [0, 0.1) is 19.7 Å². The molecule has 2 heterocycles. The Morgan fingerprint density at radius 1 is 1.38 bits per heavy atom. The summed E-state index contributed by atoms with van der Waals surface area (Å²) in [4.78, 5) is 14.8. The van der Waals surface area contributed by atoms with Gasteiger partial charge in [-0.3, -0.25) is 9.89 Å². The maximum absolute atomic E-state index is 13.1. The van der Waals surface area contributed by atoms with Crippen LogP contribution in [0.5, 0.6) is 0 Å². The van der Waals surface area contributed by atoms with Crippen molar-refractivity contribution in [2.24, 2.45) is 0 Å². The van der Waals surface area contributed by atoms with Crippen LogP contribution in [0.25, 0.3) is 0 Å². The maximum Gasteiger partial charge on any atom is 0.223 e. The molecule has 2 aromatic rings. The topological polar surface area (TPSA) is 49.0 Å². The van der Waals surface area contributed by atoms with Gasteiger partial charge in [0.2, 0.25) is 5.91 Å². The third-order valence-electron chi connectivity index (χ3n) is 4.99. The number of halogens is 1. The van der Waals surface area contributed by atoms with Crippen LogP contribution < -0.4 is 0 Å². The highest BCUT2D eigenvalue weighted by molar-refractivity contribution is 5.78. The van der Waals surface area contributed by atoms with E-state index < -0.39 is 0 Å². The Bertz CT molecular complexity index is 703. The molecule has 0 bridgehead atoms. The lowest BCUT2D eigenvalue weighted by Crippen LogP contribution is -2.31. The van der Waals surface area contributed by atoms with Crippen LogP contribution in [-0.2, 0) is 4.79 Å². The van der Waals surface area contributed by atoms with Crippen LogP contribution in [0.2, 0.25) is 0 Å². The van der Waals surface area contributed by atoms with Crippen molar-refractivity contribution in [3.05, 3.63) is 52.6 Å². The van der Waals surface area contributed by atoms with Gasteiger partial charge in [0.25, 0.3) is 0 Å². The number of benzene rings is 1. The van der Waals surface area contributed by atoms with E-state index in [0.29, 0.717) is 6.42 Å². The molecule has 4 nitrogen and oxygen atoms in total. The van der Waals surface area contributed by atoms with Gasteiger partial charge in [0.05, 0.1) is 11.7 Å². The summed E-state index contributed by atoms with van der Waals surface area (Å²) in [5.41, 5.74) is 4.15. The average molecular weight is 329 g/mol. The van der Waals surface area contributed by atoms with Crippen molar-refractivity contribution in [1.82, 2.24) is 15.1 Å². The standard InChI is InChI=1S/C19H24FN3O/c1-12(19-13(2)21-22-14(19)3)11-18(24)23-10-4-5-17(23)15-6-8-16(20)9-7-15/h6-9,12,17H,4-5,10-11H2,1-3H3,(H,21,22)/t12-,17-/m0/s1. The molecule has 24 heavy (non-hydrogen) atoms. The van der Waals surface area contributed by atoms with E-state index in [1.807, 2.05) is 18.7 Å². The Labute approximate surface area is 142 Å². The number of carbonyl (C=O) groups excluding carboxylic acids is 1. The second-order valence-corrected chi connectivity index (χ2v) is 6.75. The molecule has 5 heteroatoms. The highest BCUT2D eigenvalue weighted by Crippen LogP contribution is 2.34. The molecular formula is C19H24FN3O. The number of aryl methyl sites for hydroxylation is 2. The van der Waals surface area contributed by atoms with E-state index in [0.717, 1.165) is 41.9 Å². The Balaban J connectivity index is 1.73. The lowest BCUT2D eigenvalue weighted by molar-refractivity contribution is -0.132. The minimum atomic E-state index is -0.242. The Morgan fingerprint density at radius 3 is 2.71 bits per heavy atom. The summed E-state index contributed by atoms with van der Waals surface area (Å²) in [5.74, 6) is 0.0502. The number of aromatic nitrogens is 2. The monoisotopic (exact) mass is 329 g/mol. The van der Waals surface area contributed by atoms with E-state index in [1.54, 1.807) is 12.1 Å². The van der Waals surface area contributed by atoms with Crippen molar-refractivity contribution in [1.29, 1.82) is 0 Å². The van der Waals surface area contributed by atoms with Crippen LogP contribution in [0.1, 0.15) is 60.7 Å². The molecule has 1 N–H and O–H groups in total. The number of amides is 1. The molecule has 3 rings (SSSR count). The molecule has 0 spiro atoms. The largest absolute Gasteiger partial charge is 0.336 e. The number of aromatic amines is 1. The summed E-state index contributed by atoms with van der Waals surface area (Å²) in [7, 11) is 0. The normalized spacial score (nSPS) is 18.8. The fraction of sp³-hybridized carbons (Fsp3) is 0.474. The predicted molar refractivity (Wildman–Crippen MR) is 91.2 cm³/mol. The molecule has 1 aliphatic rings. The van der Waals surface area contributed by atoms with Gasteiger partial charge in [0.1, 0.15) is 5.82 Å². The number of hydrogen-bond donors (Lipinski definition) is 1. The molecule has 1 aromatic carbocycles. The van der Waals surface area contributed by atoms with Crippen molar-refractivity contribution in [3.63, 3.8) is 0 Å². The smallest absolute Gasteiger partial charge is 0.223 e. The second-order valence-electron chi connectivity index (χ2n) is 6.75. The van der Waals surface area contributed by atoms with E-state index in [-0.39, 0.29) is 23.7 Å². The van der Waals surface area contributed by atoms with Gasteiger partial charge in [0, 0.05) is 18.7 Å². The Morgan fingerprint density at radius 2 is 2.08 bits per heavy atom. The van der Waals surface area contributed by atoms with Crippen molar-refractivity contribution in [3.8, 4) is 0 Å². The molecule has 0 radical (unpaired) electrons. The van der Waals surface area contributed by atoms with Gasteiger partial charge in [-0.15, -0.1) is 0 Å². The third kappa shape index (κ3) is 3.21. The first-order chi connectivity index (χ1) is 11.5. The number of likely N-dealkylation sites (tertiary alicyclic amines) is 1. The second kappa shape index (κ2) is 6.75. The SMILES string of the molecule is Cc1n[nH]c(C)c1[C@@H](C)CC(=O)N1CCC[C@H]1c1ccc(F)cc1. The molecule has 0 saturated carbocycles. The molecule has 1 aromatic heterocycles. The van der Waals surface area contributed by atoms with Crippen LogP contribution in [0.4, 0.5) is 4.39 Å². The zero-order chi connectivity index (χ0) is 17.3. The first-order valence-electron chi connectivity index (χ1n) is 8.53. The number of nitrogens with one attached hydrogen (secondary N) is 1. The van der Waals surface area contributed by atoms with Gasteiger partial charge >= 0.3 is 0 Å². The molecule has 0 aliphatic carbocycles. The first kappa shape index (κ1) is 16.7. The number of hydrogen-bond acceptors (Lipinski definition) is 2. The van der Waals surface area contributed by atoms with Gasteiger partial charge < -0.3 is 4.90 Å². The van der Waals surface area contributed by atoms with Crippen molar-refractivity contribution in [2.75, 3.05) is 6.54 Å². The van der Waals surface area contributed by atoms with Crippen LogP contribution in [0.3, 0.4) is 0 Å². The number of nitrogens with zero attached hydrogens (tertiary/aromatic N) is 2. The number of H-pyrrole nitrogens is 1. The molecule has 2 atom stereocenters. The lowest BCUT2D eigenvalue weighted by atomic mass is 9.95. The lowest BCUT2D eigenvalue weighted by Gasteiger charge is -2.26. The van der Waals surface area contributed by atoms with E-state index in [1.165, 1.54) is 12.1 Å². The van der Waals surface area contributed by atoms with E-state index >= 15 is 0 Å². The van der Waals surface area contributed by atoms with Gasteiger partial charge in [-0.05, 0) is 55.9 Å².